The molecule has 1 aliphatic heterocycles. The summed E-state index contributed by atoms with van der Waals surface area (Å²) in [7, 11) is -1.56. The van der Waals surface area contributed by atoms with Gasteiger partial charge in [0.25, 0.3) is 5.56 Å². The van der Waals surface area contributed by atoms with Gasteiger partial charge in [-0.2, -0.15) is 13.9 Å². The monoisotopic (exact) mass is 426 g/mol. The van der Waals surface area contributed by atoms with E-state index in [1.165, 1.54) is 22.1 Å². The predicted molar refractivity (Wildman–Crippen MR) is 114 cm³/mol. The fourth-order valence-corrected chi connectivity index (χ4v) is 6.46. The smallest absolute Gasteiger partial charge is 0.274 e. The molecular weight excluding hydrogens is 400 g/mol. The molecule has 30 heavy (non-hydrogen) atoms. The number of hydrogen-bond acceptors (Lipinski definition) is 4. The van der Waals surface area contributed by atoms with Gasteiger partial charge in [-0.15, -0.1) is 0 Å². The number of fused-ring (bicyclic) bond motifs is 2. The molecule has 0 N–H and O–H groups in total. The van der Waals surface area contributed by atoms with E-state index in [9.17, 15) is 13.2 Å². The molecule has 2 aromatic heterocycles. The highest BCUT2D eigenvalue weighted by atomic mass is 32.2. The zero-order valence-electron chi connectivity index (χ0n) is 17.1. The van der Waals surface area contributed by atoms with Gasteiger partial charge in [-0.05, 0) is 61.8 Å². The molecule has 0 saturated carbocycles. The minimum atomic E-state index is -3.49. The first kappa shape index (κ1) is 19.5. The van der Waals surface area contributed by atoms with Gasteiger partial charge >= 0.3 is 0 Å². The van der Waals surface area contributed by atoms with Crippen LogP contribution in [0.3, 0.4) is 0 Å². The van der Waals surface area contributed by atoms with Crippen LogP contribution in [0.5, 0.6) is 0 Å². The molecule has 0 spiro atoms. The Bertz CT molecular complexity index is 1270. The van der Waals surface area contributed by atoms with E-state index in [4.69, 9.17) is 0 Å². The molecule has 1 saturated heterocycles. The summed E-state index contributed by atoms with van der Waals surface area (Å²) >= 11 is 0. The predicted octanol–water partition coefficient (Wildman–Crippen LogP) is 2.48. The average Bonchev–Trinajstić information content (AvgIpc) is 3.27. The Hall–Kier alpha value is -2.45. The lowest BCUT2D eigenvalue weighted by Crippen LogP contribution is -2.38. The number of hydrogen-bond donors (Lipinski definition) is 0. The molecule has 0 radical (unpaired) electrons. The molecule has 3 aromatic rings. The lowest BCUT2D eigenvalue weighted by atomic mass is 9.92. The number of benzene rings is 1. The number of piperidine rings is 1. The highest BCUT2D eigenvalue weighted by Gasteiger charge is 2.31. The molecule has 7 nitrogen and oxygen atoms in total. The van der Waals surface area contributed by atoms with Crippen LogP contribution >= 0.6 is 0 Å². The van der Waals surface area contributed by atoms with Crippen molar-refractivity contribution in [2.24, 2.45) is 7.05 Å². The van der Waals surface area contributed by atoms with E-state index in [0.717, 1.165) is 30.6 Å². The molecule has 1 aromatic carbocycles. The van der Waals surface area contributed by atoms with Crippen LogP contribution in [0.25, 0.3) is 5.65 Å². The van der Waals surface area contributed by atoms with Gasteiger partial charge < -0.3 is 4.57 Å². The van der Waals surface area contributed by atoms with Gasteiger partial charge in [-0.1, -0.05) is 6.07 Å². The Morgan fingerprint density at radius 2 is 1.73 bits per heavy atom. The van der Waals surface area contributed by atoms with E-state index >= 15 is 0 Å². The van der Waals surface area contributed by atoms with Crippen molar-refractivity contribution < 1.29 is 8.42 Å². The number of aryl methyl sites for hydroxylation is 3. The SMILES string of the molecule is Cn1c(C2CCN(S(=O)(=O)c3ccc4c(c3)CCCC4)CC2)cc(=O)n2nccc12. The second-order valence-electron chi connectivity index (χ2n) is 8.38. The zero-order valence-corrected chi connectivity index (χ0v) is 17.9. The average molecular weight is 427 g/mol. The van der Waals surface area contributed by atoms with Crippen molar-refractivity contribution in [1.82, 2.24) is 18.5 Å². The number of nitrogens with zero attached hydrogens (tertiary/aromatic N) is 4. The number of aromatic nitrogens is 3. The molecule has 0 atom stereocenters. The maximum absolute atomic E-state index is 13.2. The summed E-state index contributed by atoms with van der Waals surface area (Å²) in [5, 5.41) is 4.07. The van der Waals surface area contributed by atoms with E-state index in [2.05, 4.69) is 5.10 Å². The first-order valence-electron chi connectivity index (χ1n) is 10.6. The van der Waals surface area contributed by atoms with Gasteiger partial charge in [0, 0.05) is 43.9 Å². The van der Waals surface area contributed by atoms with Crippen LogP contribution in [0.4, 0.5) is 0 Å². The van der Waals surface area contributed by atoms with E-state index in [-0.39, 0.29) is 11.5 Å². The quantitative estimate of drug-likeness (QED) is 0.645. The molecule has 3 heterocycles. The Morgan fingerprint density at radius 1 is 1.00 bits per heavy atom. The van der Waals surface area contributed by atoms with E-state index in [0.29, 0.717) is 30.8 Å². The van der Waals surface area contributed by atoms with Crippen LogP contribution in [0.1, 0.15) is 48.4 Å². The van der Waals surface area contributed by atoms with Crippen LogP contribution < -0.4 is 5.56 Å². The highest BCUT2D eigenvalue weighted by molar-refractivity contribution is 7.89. The lowest BCUT2D eigenvalue weighted by Gasteiger charge is -2.32. The van der Waals surface area contributed by atoms with E-state index in [1.54, 1.807) is 22.6 Å². The maximum atomic E-state index is 13.2. The third-order valence-electron chi connectivity index (χ3n) is 6.66. The summed E-state index contributed by atoms with van der Waals surface area (Å²) in [6, 6.07) is 9.10. The summed E-state index contributed by atoms with van der Waals surface area (Å²) in [6.45, 7) is 0.922. The van der Waals surface area contributed by atoms with Gasteiger partial charge in [0.05, 0.1) is 11.1 Å². The number of rotatable bonds is 3. The first-order valence-corrected chi connectivity index (χ1v) is 12.0. The molecule has 8 heteroatoms. The van der Waals surface area contributed by atoms with Gasteiger partial charge in [0.15, 0.2) is 0 Å². The van der Waals surface area contributed by atoms with Gasteiger partial charge in [0.2, 0.25) is 10.0 Å². The third-order valence-corrected chi connectivity index (χ3v) is 8.56. The molecule has 1 aliphatic carbocycles. The van der Waals surface area contributed by atoms with Crippen LogP contribution in [-0.2, 0) is 29.9 Å². The van der Waals surface area contributed by atoms with Crippen molar-refractivity contribution in [1.29, 1.82) is 0 Å². The summed E-state index contributed by atoms with van der Waals surface area (Å²) in [4.78, 5) is 12.8. The largest absolute Gasteiger partial charge is 0.333 e. The second kappa shape index (κ2) is 7.35. The first-order chi connectivity index (χ1) is 14.4. The lowest BCUT2D eigenvalue weighted by molar-refractivity contribution is 0.313. The van der Waals surface area contributed by atoms with Gasteiger partial charge in [0.1, 0.15) is 5.65 Å². The molecule has 158 valence electrons. The molecule has 0 unspecified atom stereocenters. The molecule has 0 bridgehead atoms. The molecule has 5 rings (SSSR count). The second-order valence-corrected chi connectivity index (χ2v) is 10.3. The minimum Gasteiger partial charge on any atom is -0.333 e. The summed E-state index contributed by atoms with van der Waals surface area (Å²) < 4.78 is 31.5. The topological polar surface area (TPSA) is 76.7 Å². The fourth-order valence-electron chi connectivity index (χ4n) is 4.94. The van der Waals surface area contributed by atoms with Crippen molar-refractivity contribution in [2.45, 2.75) is 49.3 Å². The Kier molecular flexibility index (Phi) is 4.78. The summed E-state index contributed by atoms with van der Waals surface area (Å²) in [6.07, 6.45) is 7.33. The molecule has 2 aliphatic rings. The molecular formula is C22H26N4O3S. The van der Waals surface area contributed by atoms with Crippen LogP contribution in [0.2, 0.25) is 0 Å². The van der Waals surface area contributed by atoms with E-state index in [1.807, 2.05) is 29.8 Å². The minimum absolute atomic E-state index is 0.146. The maximum Gasteiger partial charge on any atom is 0.274 e. The zero-order chi connectivity index (χ0) is 20.9. The van der Waals surface area contributed by atoms with Crippen molar-refractivity contribution in [3.05, 3.63) is 63.7 Å². The Morgan fingerprint density at radius 3 is 2.50 bits per heavy atom. The third kappa shape index (κ3) is 3.18. The Balaban J connectivity index is 1.37. The van der Waals surface area contributed by atoms with Crippen molar-refractivity contribution in [3.8, 4) is 0 Å². The normalized spacial score (nSPS) is 18.6. The molecule has 1 fully saturated rings. The van der Waals surface area contributed by atoms with Crippen molar-refractivity contribution in [3.63, 3.8) is 0 Å². The van der Waals surface area contributed by atoms with Crippen molar-refractivity contribution in [2.75, 3.05) is 13.1 Å². The van der Waals surface area contributed by atoms with E-state index < -0.39 is 10.0 Å². The molecule has 0 amide bonds. The number of sulfonamides is 1. The van der Waals surface area contributed by atoms with Crippen molar-refractivity contribution >= 4 is 15.7 Å². The fraction of sp³-hybridized carbons (Fsp3) is 0.455. The standard InChI is InChI=1S/C22H26N4O3S/c1-24-20(15-22(27)26-21(24)8-11-23-26)17-9-12-25(13-10-17)30(28,29)19-7-6-16-4-2-3-5-18(16)14-19/h6-8,11,14-15,17H,2-5,9-10,12-13H2,1H3. The highest BCUT2D eigenvalue weighted by Crippen LogP contribution is 2.32. The summed E-state index contributed by atoms with van der Waals surface area (Å²) in [5.41, 5.74) is 4.02. The van der Waals surface area contributed by atoms with Crippen LogP contribution in [0, 0.1) is 0 Å². The van der Waals surface area contributed by atoms with Gasteiger partial charge in [-0.25, -0.2) is 8.42 Å². The Labute approximate surface area is 176 Å². The van der Waals surface area contributed by atoms with Gasteiger partial charge in [-0.3, -0.25) is 4.79 Å². The summed E-state index contributed by atoms with van der Waals surface area (Å²) in [5.74, 6) is 0.151. The van der Waals surface area contributed by atoms with Crippen LogP contribution in [-0.4, -0.2) is 40.0 Å². The van der Waals surface area contributed by atoms with Crippen LogP contribution in [0.15, 0.2) is 46.2 Å².